The van der Waals surface area contributed by atoms with Crippen molar-refractivity contribution in [2.45, 2.75) is 58.9 Å². The Hall–Kier alpha value is -1.64. The predicted octanol–water partition coefficient (Wildman–Crippen LogP) is 4.21. The fraction of sp³-hybridized carbons (Fsp3) is 0.579. The molecule has 0 spiro atoms. The molecule has 3 heteroatoms. The van der Waals surface area contributed by atoms with Crippen molar-refractivity contribution in [3.63, 3.8) is 0 Å². The summed E-state index contributed by atoms with van der Waals surface area (Å²) < 4.78 is 0. The lowest BCUT2D eigenvalue weighted by molar-refractivity contribution is -0.117. The highest BCUT2D eigenvalue weighted by Crippen LogP contribution is 2.40. The first-order valence-corrected chi connectivity index (χ1v) is 8.40. The fourth-order valence-corrected chi connectivity index (χ4v) is 3.20. The van der Waals surface area contributed by atoms with Crippen LogP contribution >= 0.6 is 0 Å². The molecule has 1 aliphatic carbocycles. The van der Waals surface area contributed by atoms with E-state index < -0.39 is 0 Å². The number of hydrogen-bond acceptors (Lipinski definition) is 2. The third kappa shape index (κ3) is 4.69. The Morgan fingerprint density at radius 2 is 2.09 bits per heavy atom. The molecule has 1 fully saturated rings. The molecule has 0 atom stereocenters. The van der Waals surface area contributed by atoms with Crippen LogP contribution in [-0.4, -0.2) is 16.9 Å². The zero-order chi connectivity index (χ0) is 16.0. The smallest absolute Gasteiger partial charge is 0.244 e. The number of carbonyl (C=O) groups excluding carboxylic acids is 1. The Balaban J connectivity index is 1.79. The predicted molar refractivity (Wildman–Crippen MR) is 91.2 cm³/mol. The third-order valence-electron chi connectivity index (χ3n) is 5.20. The van der Waals surface area contributed by atoms with Gasteiger partial charge in [0.05, 0.1) is 0 Å². The van der Waals surface area contributed by atoms with Crippen molar-refractivity contribution in [3.8, 4) is 0 Å². The summed E-state index contributed by atoms with van der Waals surface area (Å²) in [6, 6.07) is 4.14. The van der Waals surface area contributed by atoms with Crippen LogP contribution in [0.5, 0.6) is 0 Å². The van der Waals surface area contributed by atoms with Crippen molar-refractivity contribution in [3.05, 3.63) is 36.2 Å². The number of pyridine rings is 1. The molecule has 22 heavy (non-hydrogen) atoms. The van der Waals surface area contributed by atoms with Crippen LogP contribution in [0.2, 0.25) is 0 Å². The molecule has 0 radical (unpaired) electrons. The summed E-state index contributed by atoms with van der Waals surface area (Å²) in [4.78, 5) is 16.0. The molecular formula is C19H28N2O. The average molecular weight is 300 g/mol. The molecule has 0 unspecified atom stereocenters. The van der Waals surface area contributed by atoms with Crippen LogP contribution in [0.3, 0.4) is 0 Å². The number of amides is 1. The molecular weight excluding hydrogens is 272 g/mol. The molecule has 1 amide bonds. The number of carbonyl (C=O) groups is 1. The van der Waals surface area contributed by atoms with Gasteiger partial charge in [-0.3, -0.25) is 9.78 Å². The van der Waals surface area contributed by atoms with E-state index in [1.54, 1.807) is 18.5 Å². The van der Waals surface area contributed by atoms with E-state index in [0.29, 0.717) is 11.5 Å². The largest absolute Gasteiger partial charge is 0.350 e. The molecule has 1 saturated carbocycles. The van der Waals surface area contributed by atoms with Crippen LogP contribution in [0.15, 0.2) is 30.6 Å². The zero-order valence-electron chi connectivity index (χ0n) is 14.0. The van der Waals surface area contributed by atoms with E-state index in [-0.39, 0.29) is 5.91 Å². The highest BCUT2D eigenvalue weighted by atomic mass is 16.1. The van der Waals surface area contributed by atoms with Crippen molar-refractivity contribution >= 4 is 12.0 Å². The van der Waals surface area contributed by atoms with E-state index in [0.717, 1.165) is 24.3 Å². The minimum absolute atomic E-state index is 0.00190. The van der Waals surface area contributed by atoms with Gasteiger partial charge in [-0.2, -0.15) is 0 Å². The molecule has 1 aliphatic rings. The average Bonchev–Trinajstić information content (AvgIpc) is 2.54. The topological polar surface area (TPSA) is 42.0 Å². The Morgan fingerprint density at radius 1 is 1.36 bits per heavy atom. The number of rotatable bonds is 5. The summed E-state index contributed by atoms with van der Waals surface area (Å²) >= 11 is 0. The van der Waals surface area contributed by atoms with Gasteiger partial charge >= 0.3 is 0 Å². The maximum absolute atomic E-state index is 12.0. The normalized spacial score (nSPS) is 22.7. The summed E-state index contributed by atoms with van der Waals surface area (Å²) in [5, 5.41) is 3.13. The van der Waals surface area contributed by atoms with E-state index in [2.05, 4.69) is 31.1 Å². The Kier molecular flexibility index (Phi) is 5.76. The van der Waals surface area contributed by atoms with Gasteiger partial charge in [0.1, 0.15) is 0 Å². The monoisotopic (exact) mass is 300 g/mol. The number of aromatic nitrogens is 1. The summed E-state index contributed by atoms with van der Waals surface area (Å²) in [6.45, 7) is 7.01. The summed E-state index contributed by atoms with van der Waals surface area (Å²) in [5.41, 5.74) is 1.38. The second-order valence-electron chi connectivity index (χ2n) is 7.02. The number of hydrogen-bond donors (Lipinski definition) is 1. The quantitative estimate of drug-likeness (QED) is 0.828. The molecule has 3 nitrogen and oxygen atoms in total. The van der Waals surface area contributed by atoms with Gasteiger partial charge in [-0.1, -0.05) is 33.3 Å². The lowest BCUT2D eigenvalue weighted by atomic mass is 9.69. The van der Waals surface area contributed by atoms with Crippen molar-refractivity contribution in [2.75, 3.05) is 0 Å². The third-order valence-corrected chi connectivity index (χ3v) is 5.20. The Morgan fingerprint density at radius 3 is 2.68 bits per heavy atom. The van der Waals surface area contributed by atoms with Crippen molar-refractivity contribution in [2.24, 2.45) is 11.3 Å². The number of nitrogens with one attached hydrogen (secondary N) is 1. The van der Waals surface area contributed by atoms with Crippen LogP contribution in [0.4, 0.5) is 0 Å². The summed E-state index contributed by atoms with van der Waals surface area (Å²) in [6.07, 6.45) is 12.8. The van der Waals surface area contributed by atoms with E-state index in [4.69, 9.17) is 0 Å². The van der Waals surface area contributed by atoms with Crippen LogP contribution in [0, 0.1) is 11.3 Å². The second kappa shape index (κ2) is 7.57. The van der Waals surface area contributed by atoms with Gasteiger partial charge in [-0.15, -0.1) is 0 Å². The minimum atomic E-state index is 0.00190. The second-order valence-corrected chi connectivity index (χ2v) is 7.02. The fourth-order valence-electron chi connectivity index (χ4n) is 3.20. The van der Waals surface area contributed by atoms with Gasteiger partial charge in [0, 0.05) is 24.5 Å². The lowest BCUT2D eigenvalue weighted by Crippen LogP contribution is -2.39. The highest BCUT2D eigenvalue weighted by molar-refractivity contribution is 5.91. The van der Waals surface area contributed by atoms with Crippen LogP contribution in [-0.2, 0) is 4.79 Å². The van der Waals surface area contributed by atoms with Gasteiger partial charge in [-0.25, -0.2) is 0 Å². The molecule has 0 bridgehead atoms. The minimum Gasteiger partial charge on any atom is -0.350 e. The first-order chi connectivity index (χ1) is 10.5. The highest BCUT2D eigenvalue weighted by Gasteiger charge is 2.31. The van der Waals surface area contributed by atoms with Crippen molar-refractivity contribution in [1.29, 1.82) is 0 Å². The molecule has 1 N–H and O–H groups in total. The van der Waals surface area contributed by atoms with Gasteiger partial charge in [0.25, 0.3) is 0 Å². The van der Waals surface area contributed by atoms with E-state index in [1.165, 1.54) is 19.3 Å². The van der Waals surface area contributed by atoms with Crippen LogP contribution < -0.4 is 5.32 Å². The van der Waals surface area contributed by atoms with Gasteiger partial charge in [0.2, 0.25) is 5.91 Å². The molecule has 0 saturated heterocycles. The van der Waals surface area contributed by atoms with Gasteiger partial charge < -0.3 is 5.32 Å². The van der Waals surface area contributed by atoms with Crippen LogP contribution in [0.1, 0.15) is 58.4 Å². The SMILES string of the molecule is CCC(C)(C)C1CCC(NC(=O)/C=C/c2cccnc2)CC1. The molecule has 1 aromatic rings. The molecule has 0 aromatic carbocycles. The van der Waals surface area contributed by atoms with E-state index >= 15 is 0 Å². The summed E-state index contributed by atoms with van der Waals surface area (Å²) in [5.74, 6) is 0.790. The number of nitrogens with zero attached hydrogens (tertiary/aromatic N) is 1. The molecule has 0 aliphatic heterocycles. The molecule has 1 aromatic heterocycles. The Labute approximate surface area is 134 Å². The standard InChI is InChI=1S/C19H28N2O/c1-4-19(2,3)16-8-10-17(11-9-16)21-18(22)12-7-15-6-5-13-20-14-15/h5-7,12-14,16-17H,4,8-11H2,1-3H3,(H,21,22)/b12-7+. The maximum atomic E-state index is 12.0. The van der Waals surface area contributed by atoms with Crippen LogP contribution in [0.25, 0.3) is 6.08 Å². The zero-order valence-corrected chi connectivity index (χ0v) is 14.0. The molecule has 1 heterocycles. The van der Waals surface area contributed by atoms with Crippen molar-refractivity contribution < 1.29 is 4.79 Å². The molecule has 2 rings (SSSR count). The van der Waals surface area contributed by atoms with E-state index in [1.807, 2.05) is 18.2 Å². The summed E-state index contributed by atoms with van der Waals surface area (Å²) in [7, 11) is 0. The van der Waals surface area contributed by atoms with Crippen molar-refractivity contribution in [1.82, 2.24) is 10.3 Å². The van der Waals surface area contributed by atoms with Gasteiger partial charge in [-0.05, 0) is 54.7 Å². The van der Waals surface area contributed by atoms with Gasteiger partial charge in [0.15, 0.2) is 0 Å². The lowest BCUT2D eigenvalue weighted by Gasteiger charge is -2.39. The first kappa shape index (κ1) is 16.7. The first-order valence-electron chi connectivity index (χ1n) is 8.40. The Bertz CT molecular complexity index is 499. The molecule has 120 valence electrons. The maximum Gasteiger partial charge on any atom is 0.244 e. The van der Waals surface area contributed by atoms with E-state index in [9.17, 15) is 4.79 Å².